The van der Waals surface area contributed by atoms with Gasteiger partial charge < -0.3 is 10.6 Å². The van der Waals surface area contributed by atoms with E-state index in [4.69, 9.17) is 11.0 Å². The molecule has 1 aromatic carbocycles. The zero-order valence-electron chi connectivity index (χ0n) is 11.8. The fraction of sp³-hybridized carbons (Fsp3) is 0.312. The molecule has 0 fully saturated rings. The molecule has 3 nitrogen and oxygen atoms in total. The Morgan fingerprint density at radius 3 is 2.50 bits per heavy atom. The molecular weight excluding hydrogens is 266 g/mol. The first-order chi connectivity index (χ1) is 9.67. The largest absolute Gasteiger partial charge is 0.366 e. The predicted octanol–water partition coefficient (Wildman–Crippen LogP) is 3.53. The third-order valence-corrected chi connectivity index (χ3v) is 4.28. The van der Waals surface area contributed by atoms with Crippen LogP contribution in [-0.2, 0) is 0 Å². The summed E-state index contributed by atoms with van der Waals surface area (Å²) in [7, 11) is 2.05. The second-order valence-corrected chi connectivity index (χ2v) is 5.62. The summed E-state index contributed by atoms with van der Waals surface area (Å²) < 4.78 is 0. The van der Waals surface area contributed by atoms with E-state index in [2.05, 4.69) is 41.8 Å². The van der Waals surface area contributed by atoms with Crippen molar-refractivity contribution in [3.63, 3.8) is 0 Å². The minimum atomic E-state index is 0.0743. The van der Waals surface area contributed by atoms with Crippen LogP contribution in [0.3, 0.4) is 0 Å². The van der Waals surface area contributed by atoms with Crippen LogP contribution in [0.2, 0.25) is 0 Å². The molecule has 0 aliphatic rings. The molecular formula is C16H19N3S. The Kier molecular flexibility index (Phi) is 4.78. The third-order valence-electron chi connectivity index (χ3n) is 3.58. The number of likely N-dealkylation sites (N-methyl/N-ethyl adjacent to an activating group) is 1. The van der Waals surface area contributed by atoms with Crippen molar-refractivity contribution in [3.05, 3.63) is 52.2 Å². The summed E-state index contributed by atoms with van der Waals surface area (Å²) in [5, 5.41) is 13.1. The lowest BCUT2D eigenvalue weighted by Gasteiger charge is -2.33. The monoisotopic (exact) mass is 285 g/mol. The topological polar surface area (TPSA) is 53.0 Å². The van der Waals surface area contributed by atoms with Crippen LogP contribution in [-0.4, -0.2) is 13.1 Å². The first kappa shape index (κ1) is 14.6. The first-order valence-corrected chi connectivity index (χ1v) is 7.62. The molecule has 1 heterocycles. The predicted molar refractivity (Wildman–Crippen MR) is 84.9 cm³/mol. The van der Waals surface area contributed by atoms with Gasteiger partial charge in [0, 0.05) is 18.8 Å². The van der Waals surface area contributed by atoms with Crippen LogP contribution < -0.4 is 10.6 Å². The lowest BCUT2D eigenvalue weighted by atomic mass is 9.98. The SMILES string of the molecule is CCC(N)C(c1ccsc1)N(C)c1ccc(C#N)cc1. The van der Waals surface area contributed by atoms with Crippen molar-refractivity contribution in [1.29, 1.82) is 5.26 Å². The van der Waals surface area contributed by atoms with Gasteiger partial charge in [-0.2, -0.15) is 16.6 Å². The van der Waals surface area contributed by atoms with E-state index in [9.17, 15) is 0 Å². The number of thiophene rings is 1. The highest BCUT2D eigenvalue weighted by Gasteiger charge is 2.23. The average Bonchev–Trinajstić information content (AvgIpc) is 3.01. The molecule has 0 bridgehead atoms. The molecule has 2 atom stereocenters. The highest BCUT2D eigenvalue weighted by atomic mass is 32.1. The Balaban J connectivity index is 2.30. The fourth-order valence-corrected chi connectivity index (χ4v) is 3.05. The zero-order valence-corrected chi connectivity index (χ0v) is 12.6. The van der Waals surface area contributed by atoms with Gasteiger partial charge in [-0.3, -0.25) is 0 Å². The van der Waals surface area contributed by atoms with E-state index in [0.29, 0.717) is 5.56 Å². The average molecular weight is 285 g/mol. The Labute approximate surface area is 124 Å². The van der Waals surface area contributed by atoms with Crippen molar-refractivity contribution in [2.75, 3.05) is 11.9 Å². The lowest BCUT2D eigenvalue weighted by molar-refractivity contribution is 0.511. The Hall–Kier alpha value is -1.83. The van der Waals surface area contributed by atoms with E-state index in [1.54, 1.807) is 11.3 Å². The van der Waals surface area contributed by atoms with Crippen molar-refractivity contribution < 1.29 is 0 Å². The number of hydrogen-bond acceptors (Lipinski definition) is 4. The third kappa shape index (κ3) is 3.01. The summed E-state index contributed by atoms with van der Waals surface area (Å²) in [4.78, 5) is 2.19. The minimum absolute atomic E-state index is 0.0743. The molecule has 4 heteroatoms. The van der Waals surface area contributed by atoms with Crippen molar-refractivity contribution in [2.24, 2.45) is 5.73 Å². The van der Waals surface area contributed by atoms with Gasteiger partial charge in [-0.15, -0.1) is 0 Å². The van der Waals surface area contributed by atoms with Crippen LogP contribution in [0.25, 0.3) is 0 Å². The summed E-state index contributed by atoms with van der Waals surface area (Å²) in [6, 6.07) is 12.1. The zero-order chi connectivity index (χ0) is 14.5. The van der Waals surface area contributed by atoms with E-state index in [0.717, 1.165) is 12.1 Å². The fourth-order valence-electron chi connectivity index (χ4n) is 2.36. The molecule has 104 valence electrons. The maximum absolute atomic E-state index is 8.87. The van der Waals surface area contributed by atoms with Gasteiger partial charge in [-0.1, -0.05) is 6.92 Å². The standard InChI is InChI=1S/C16H19N3S/c1-3-15(18)16(13-8-9-20-11-13)19(2)14-6-4-12(10-17)5-7-14/h4-9,11,15-16H,3,18H2,1-2H3. The van der Waals surface area contributed by atoms with Gasteiger partial charge >= 0.3 is 0 Å². The van der Waals surface area contributed by atoms with Gasteiger partial charge in [-0.05, 0) is 53.1 Å². The Bertz CT molecular complexity index is 569. The number of hydrogen-bond donors (Lipinski definition) is 1. The normalized spacial score (nSPS) is 13.5. The maximum Gasteiger partial charge on any atom is 0.0991 e. The van der Waals surface area contributed by atoms with E-state index in [-0.39, 0.29) is 12.1 Å². The lowest BCUT2D eigenvalue weighted by Crippen LogP contribution is -2.38. The smallest absolute Gasteiger partial charge is 0.0991 e. The number of rotatable bonds is 5. The van der Waals surface area contributed by atoms with Crippen LogP contribution >= 0.6 is 11.3 Å². The molecule has 0 amide bonds. The number of nitrogens with zero attached hydrogens (tertiary/aromatic N) is 2. The molecule has 1 aromatic heterocycles. The van der Waals surface area contributed by atoms with Gasteiger partial charge in [0.25, 0.3) is 0 Å². The molecule has 0 aliphatic heterocycles. The molecule has 0 spiro atoms. The van der Waals surface area contributed by atoms with E-state index in [1.165, 1.54) is 5.56 Å². The summed E-state index contributed by atoms with van der Waals surface area (Å²) in [5.74, 6) is 0. The van der Waals surface area contributed by atoms with E-state index in [1.807, 2.05) is 24.3 Å². The van der Waals surface area contributed by atoms with E-state index >= 15 is 0 Å². The number of nitrogens with two attached hydrogens (primary N) is 1. The van der Waals surface area contributed by atoms with Crippen LogP contribution in [0.5, 0.6) is 0 Å². The van der Waals surface area contributed by atoms with Gasteiger partial charge in [0.2, 0.25) is 0 Å². The van der Waals surface area contributed by atoms with Crippen LogP contribution in [0.1, 0.15) is 30.5 Å². The van der Waals surface area contributed by atoms with Gasteiger partial charge in [0.1, 0.15) is 0 Å². The summed E-state index contributed by atoms with van der Waals surface area (Å²) in [6.07, 6.45) is 0.918. The van der Waals surface area contributed by atoms with Gasteiger partial charge in [0.05, 0.1) is 17.7 Å². The first-order valence-electron chi connectivity index (χ1n) is 6.68. The van der Waals surface area contributed by atoms with E-state index < -0.39 is 0 Å². The Morgan fingerprint density at radius 1 is 1.30 bits per heavy atom. The molecule has 2 aromatic rings. The van der Waals surface area contributed by atoms with Gasteiger partial charge in [-0.25, -0.2) is 0 Å². The molecule has 20 heavy (non-hydrogen) atoms. The van der Waals surface area contributed by atoms with Crippen LogP contribution in [0, 0.1) is 11.3 Å². The number of nitriles is 1. The number of anilines is 1. The molecule has 0 radical (unpaired) electrons. The second kappa shape index (κ2) is 6.56. The molecule has 2 N–H and O–H groups in total. The summed E-state index contributed by atoms with van der Waals surface area (Å²) >= 11 is 1.69. The molecule has 2 unspecified atom stereocenters. The quantitative estimate of drug-likeness (QED) is 0.914. The van der Waals surface area contributed by atoms with Crippen molar-refractivity contribution in [2.45, 2.75) is 25.4 Å². The minimum Gasteiger partial charge on any atom is -0.366 e. The molecule has 0 saturated carbocycles. The second-order valence-electron chi connectivity index (χ2n) is 4.84. The maximum atomic E-state index is 8.87. The number of benzene rings is 1. The molecule has 0 aliphatic carbocycles. The summed E-state index contributed by atoms with van der Waals surface area (Å²) in [6.45, 7) is 2.11. The van der Waals surface area contributed by atoms with Crippen LogP contribution in [0.4, 0.5) is 5.69 Å². The molecule has 0 saturated heterocycles. The van der Waals surface area contributed by atoms with Crippen molar-refractivity contribution in [1.82, 2.24) is 0 Å². The van der Waals surface area contributed by atoms with Crippen molar-refractivity contribution in [3.8, 4) is 6.07 Å². The van der Waals surface area contributed by atoms with Gasteiger partial charge in [0.15, 0.2) is 0 Å². The highest BCUT2D eigenvalue weighted by molar-refractivity contribution is 7.08. The van der Waals surface area contributed by atoms with Crippen LogP contribution in [0.15, 0.2) is 41.1 Å². The Morgan fingerprint density at radius 2 is 2.00 bits per heavy atom. The summed E-state index contributed by atoms with van der Waals surface area (Å²) in [5.41, 5.74) is 9.31. The molecule has 2 rings (SSSR count). The van der Waals surface area contributed by atoms with Crippen molar-refractivity contribution >= 4 is 17.0 Å². The highest BCUT2D eigenvalue weighted by Crippen LogP contribution is 2.30.